The number of carbonyl (C=O) groups excluding carboxylic acids is 1. The number of ether oxygens (including phenoxy) is 3. The summed E-state index contributed by atoms with van der Waals surface area (Å²) in [6.07, 6.45) is 0. The highest BCUT2D eigenvalue weighted by atomic mass is 32.2. The third-order valence-electron chi connectivity index (χ3n) is 3.59. The molecule has 1 heterocycles. The van der Waals surface area contributed by atoms with Crippen LogP contribution >= 0.6 is 11.3 Å². The first-order chi connectivity index (χ1) is 12.9. The number of carbonyl (C=O) groups is 1. The highest BCUT2D eigenvalue weighted by molar-refractivity contribution is 7.89. The first-order valence-corrected chi connectivity index (χ1v) is 10.5. The van der Waals surface area contributed by atoms with Gasteiger partial charge in [0, 0.05) is 19.0 Å². The van der Waals surface area contributed by atoms with Gasteiger partial charge in [-0.2, -0.15) is 4.31 Å². The van der Waals surface area contributed by atoms with Crippen LogP contribution in [0, 0.1) is 0 Å². The smallest absolute Gasteiger partial charge is 0.357 e. The number of benzene rings is 1. The molecule has 0 radical (unpaired) electrons. The number of aromatic nitrogens is 1. The highest BCUT2D eigenvalue weighted by Gasteiger charge is 2.26. The normalized spacial score (nSPS) is 11.6. The van der Waals surface area contributed by atoms with Crippen LogP contribution in [-0.4, -0.2) is 57.7 Å². The molecule has 0 saturated heterocycles. The summed E-state index contributed by atoms with van der Waals surface area (Å²) in [6, 6.07) is 6.15. The molecule has 0 N–H and O–H groups in total. The van der Waals surface area contributed by atoms with E-state index in [0.717, 1.165) is 0 Å². The Hall–Kier alpha value is -2.01. The SMILES string of the molecule is CCOC(=O)c1csc(CN(CCOC)S(=O)(=O)c2ccc(OC)cc2)n1. The maximum absolute atomic E-state index is 13.0. The van der Waals surface area contributed by atoms with Crippen LogP contribution in [0.15, 0.2) is 34.5 Å². The lowest BCUT2D eigenvalue weighted by molar-refractivity contribution is 0.0520. The van der Waals surface area contributed by atoms with Crippen LogP contribution in [0.1, 0.15) is 22.4 Å². The second kappa shape index (κ2) is 9.79. The van der Waals surface area contributed by atoms with Gasteiger partial charge in [-0.1, -0.05) is 0 Å². The van der Waals surface area contributed by atoms with Crippen molar-refractivity contribution in [2.45, 2.75) is 18.4 Å². The van der Waals surface area contributed by atoms with Crippen molar-refractivity contribution in [3.05, 3.63) is 40.3 Å². The summed E-state index contributed by atoms with van der Waals surface area (Å²) in [5.74, 6) is 0.0397. The van der Waals surface area contributed by atoms with E-state index in [1.165, 1.54) is 42.0 Å². The Morgan fingerprint density at radius 2 is 1.93 bits per heavy atom. The van der Waals surface area contributed by atoms with Gasteiger partial charge in [0.15, 0.2) is 5.69 Å². The van der Waals surface area contributed by atoms with Gasteiger partial charge in [-0.05, 0) is 31.2 Å². The Balaban J connectivity index is 2.24. The van der Waals surface area contributed by atoms with Gasteiger partial charge in [0.2, 0.25) is 10.0 Å². The van der Waals surface area contributed by atoms with Gasteiger partial charge in [0.1, 0.15) is 10.8 Å². The minimum atomic E-state index is -3.77. The molecule has 0 aliphatic carbocycles. The summed E-state index contributed by atoms with van der Waals surface area (Å²) in [4.78, 5) is 16.1. The van der Waals surface area contributed by atoms with E-state index < -0.39 is 16.0 Å². The minimum absolute atomic E-state index is 0.0296. The summed E-state index contributed by atoms with van der Waals surface area (Å²) in [7, 11) is -0.757. The van der Waals surface area contributed by atoms with Crippen LogP contribution in [0.4, 0.5) is 0 Å². The zero-order chi connectivity index (χ0) is 19.9. The minimum Gasteiger partial charge on any atom is -0.497 e. The van der Waals surface area contributed by atoms with Crippen LogP contribution in [-0.2, 0) is 26.0 Å². The molecule has 1 aromatic carbocycles. The average molecular weight is 415 g/mol. The lowest BCUT2D eigenvalue weighted by atomic mass is 10.3. The molecule has 1 aromatic heterocycles. The number of hydrogen-bond donors (Lipinski definition) is 0. The third-order valence-corrected chi connectivity index (χ3v) is 6.28. The quantitative estimate of drug-likeness (QED) is 0.550. The summed E-state index contributed by atoms with van der Waals surface area (Å²) in [5, 5.41) is 2.05. The number of sulfonamides is 1. The van der Waals surface area contributed by atoms with E-state index in [9.17, 15) is 13.2 Å². The van der Waals surface area contributed by atoms with Gasteiger partial charge in [-0.15, -0.1) is 11.3 Å². The summed E-state index contributed by atoms with van der Waals surface area (Å²) < 4.78 is 42.3. The summed E-state index contributed by atoms with van der Waals surface area (Å²) in [5.41, 5.74) is 0.172. The number of nitrogens with zero attached hydrogens (tertiary/aromatic N) is 2. The largest absolute Gasteiger partial charge is 0.497 e. The number of thiazole rings is 1. The zero-order valence-electron chi connectivity index (χ0n) is 15.4. The van der Waals surface area contributed by atoms with Gasteiger partial charge >= 0.3 is 5.97 Å². The average Bonchev–Trinajstić information content (AvgIpc) is 3.14. The Bertz CT molecular complexity index is 849. The van der Waals surface area contributed by atoms with E-state index in [1.54, 1.807) is 24.4 Å². The molecule has 0 unspecified atom stereocenters. The van der Waals surface area contributed by atoms with Gasteiger partial charge < -0.3 is 14.2 Å². The van der Waals surface area contributed by atoms with E-state index in [2.05, 4.69) is 4.98 Å². The molecule has 2 aromatic rings. The molecule has 0 spiro atoms. The van der Waals surface area contributed by atoms with Gasteiger partial charge in [0.05, 0.1) is 31.8 Å². The molecular weight excluding hydrogens is 392 g/mol. The van der Waals surface area contributed by atoms with Crippen molar-refractivity contribution in [3.63, 3.8) is 0 Å². The number of methoxy groups -OCH3 is 2. The van der Waals surface area contributed by atoms with Crippen LogP contribution in [0.25, 0.3) is 0 Å². The van der Waals surface area contributed by atoms with Crippen LogP contribution in [0.5, 0.6) is 5.75 Å². The lowest BCUT2D eigenvalue weighted by Gasteiger charge is -2.21. The van der Waals surface area contributed by atoms with Crippen molar-refractivity contribution in [1.82, 2.24) is 9.29 Å². The third kappa shape index (κ3) is 5.48. The van der Waals surface area contributed by atoms with E-state index in [0.29, 0.717) is 10.8 Å². The van der Waals surface area contributed by atoms with Crippen molar-refractivity contribution in [2.75, 3.05) is 34.0 Å². The van der Waals surface area contributed by atoms with Crippen molar-refractivity contribution in [1.29, 1.82) is 0 Å². The predicted molar refractivity (Wildman–Crippen MR) is 101 cm³/mol. The number of hydrogen-bond acceptors (Lipinski definition) is 8. The van der Waals surface area contributed by atoms with Gasteiger partial charge in [0.25, 0.3) is 0 Å². The Morgan fingerprint density at radius 1 is 1.22 bits per heavy atom. The summed E-state index contributed by atoms with van der Waals surface area (Å²) >= 11 is 1.20. The van der Waals surface area contributed by atoms with Crippen molar-refractivity contribution in [2.24, 2.45) is 0 Å². The zero-order valence-corrected chi connectivity index (χ0v) is 17.0. The topological polar surface area (TPSA) is 95.0 Å². The number of rotatable bonds is 10. The van der Waals surface area contributed by atoms with Crippen LogP contribution in [0.3, 0.4) is 0 Å². The van der Waals surface area contributed by atoms with Crippen LogP contribution < -0.4 is 4.74 Å². The molecule has 27 heavy (non-hydrogen) atoms. The fourth-order valence-electron chi connectivity index (χ4n) is 2.21. The Morgan fingerprint density at radius 3 is 2.52 bits per heavy atom. The lowest BCUT2D eigenvalue weighted by Crippen LogP contribution is -2.33. The van der Waals surface area contributed by atoms with Crippen molar-refractivity contribution < 1.29 is 27.4 Å². The second-order valence-electron chi connectivity index (χ2n) is 5.35. The van der Waals surface area contributed by atoms with E-state index >= 15 is 0 Å². The molecule has 2 rings (SSSR count). The highest BCUT2D eigenvalue weighted by Crippen LogP contribution is 2.22. The van der Waals surface area contributed by atoms with Crippen molar-refractivity contribution >= 4 is 27.3 Å². The fourth-order valence-corrected chi connectivity index (χ4v) is 4.45. The first kappa shape index (κ1) is 21.3. The molecule has 8 nitrogen and oxygen atoms in total. The van der Waals surface area contributed by atoms with E-state index in [1.807, 2.05) is 0 Å². The molecule has 148 valence electrons. The van der Waals surface area contributed by atoms with E-state index in [-0.39, 0.29) is 36.9 Å². The van der Waals surface area contributed by atoms with Gasteiger partial charge in [-0.25, -0.2) is 18.2 Å². The summed E-state index contributed by atoms with van der Waals surface area (Å²) in [6.45, 7) is 2.36. The first-order valence-electron chi connectivity index (χ1n) is 8.17. The molecular formula is C17H22N2O6S2. The molecule has 0 aliphatic rings. The Kier molecular flexibility index (Phi) is 7.72. The second-order valence-corrected chi connectivity index (χ2v) is 8.23. The number of esters is 1. The van der Waals surface area contributed by atoms with E-state index in [4.69, 9.17) is 14.2 Å². The monoisotopic (exact) mass is 414 g/mol. The molecule has 0 fully saturated rings. The Labute approximate surface area is 162 Å². The predicted octanol–water partition coefficient (Wildman–Crippen LogP) is 2.17. The maximum atomic E-state index is 13.0. The molecule has 0 saturated carbocycles. The van der Waals surface area contributed by atoms with Crippen molar-refractivity contribution in [3.8, 4) is 5.75 Å². The van der Waals surface area contributed by atoms with Gasteiger partial charge in [-0.3, -0.25) is 0 Å². The molecule has 0 bridgehead atoms. The molecule has 10 heteroatoms. The fraction of sp³-hybridized carbons (Fsp3) is 0.412. The maximum Gasteiger partial charge on any atom is 0.357 e. The molecule has 0 amide bonds. The standard InChI is InChI=1S/C17H22N2O6S2/c1-4-25-17(20)15-12-26-16(18-15)11-19(9-10-23-2)27(21,22)14-7-5-13(24-3)6-8-14/h5-8,12H,4,9-11H2,1-3H3. The molecule has 0 atom stereocenters. The molecule has 0 aliphatic heterocycles. The van der Waals surface area contributed by atoms with Crippen LogP contribution in [0.2, 0.25) is 0 Å².